The van der Waals surface area contributed by atoms with Gasteiger partial charge in [-0.05, 0) is 17.4 Å². The predicted molar refractivity (Wildman–Crippen MR) is 69.3 cm³/mol. The number of carbonyl (C=O) groups excluding carboxylic acids is 2. The van der Waals surface area contributed by atoms with E-state index in [1.807, 2.05) is 30.3 Å². The second-order valence-corrected chi connectivity index (χ2v) is 5.96. The lowest BCUT2D eigenvalue weighted by atomic mass is 10.1. The Kier molecular flexibility index (Phi) is 2.62. The van der Waals surface area contributed by atoms with E-state index in [2.05, 4.69) is 13.8 Å². The van der Waals surface area contributed by atoms with Gasteiger partial charge in [0.2, 0.25) is 5.91 Å². The molecule has 2 aliphatic rings. The van der Waals surface area contributed by atoms with Crippen LogP contribution in [0.1, 0.15) is 31.9 Å². The van der Waals surface area contributed by atoms with Gasteiger partial charge in [0, 0.05) is 5.92 Å². The molecule has 2 atom stereocenters. The first-order chi connectivity index (χ1) is 9.00. The third-order valence-electron chi connectivity index (χ3n) is 4.11. The van der Waals surface area contributed by atoms with Crippen LogP contribution in [0, 0.1) is 11.3 Å². The summed E-state index contributed by atoms with van der Waals surface area (Å²) in [5.74, 6) is -0.147. The molecule has 1 saturated carbocycles. The first-order valence-electron chi connectivity index (χ1n) is 6.55. The highest BCUT2D eigenvalue weighted by Gasteiger charge is 2.55. The summed E-state index contributed by atoms with van der Waals surface area (Å²) in [7, 11) is 0. The molecule has 1 aliphatic heterocycles. The maximum atomic E-state index is 12.4. The predicted octanol–water partition coefficient (Wildman–Crippen LogP) is 2.75. The quantitative estimate of drug-likeness (QED) is 0.820. The number of amides is 2. The number of imide groups is 1. The maximum absolute atomic E-state index is 12.4. The minimum absolute atomic E-state index is 0.0151. The third kappa shape index (κ3) is 2.01. The number of hydrogen-bond acceptors (Lipinski definition) is 3. The van der Waals surface area contributed by atoms with Crippen LogP contribution in [0.5, 0.6) is 0 Å². The van der Waals surface area contributed by atoms with Crippen molar-refractivity contribution in [2.75, 3.05) is 6.61 Å². The molecule has 1 aromatic rings. The number of cyclic esters (lactones) is 1. The fraction of sp³-hybridized carbons (Fsp3) is 0.467. The molecular weight excluding hydrogens is 242 g/mol. The number of carbonyl (C=O) groups is 2. The van der Waals surface area contributed by atoms with Gasteiger partial charge in [-0.15, -0.1) is 0 Å². The van der Waals surface area contributed by atoms with E-state index in [1.54, 1.807) is 0 Å². The Morgan fingerprint density at radius 3 is 2.53 bits per heavy atom. The van der Waals surface area contributed by atoms with Gasteiger partial charge in [0.25, 0.3) is 0 Å². The van der Waals surface area contributed by atoms with Crippen molar-refractivity contribution in [2.24, 2.45) is 11.3 Å². The smallest absolute Gasteiger partial charge is 0.417 e. The van der Waals surface area contributed by atoms with Gasteiger partial charge in [-0.25, -0.2) is 9.69 Å². The summed E-state index contributed by atoms with van der Waals surface area (Å²) in [6.07, 6.45) is 0.332. The molecule has 4 nitrogen and oxygen atoms in total. The van der Waals surface area contributed by atoms with Crippen LogP contribution in [0.15, 0.2) is 30.3 Å². The first kappa shape index (κ1) is 12.2. The van der Waals surface area contributed by atoms with Crippen molar-refractivity contribution in [3.8, 4) is 0 Å². The molecule has 1 heterocycles. The van der Waals surface area contributed by atoms with Gasteiger partial charge < -0.3 is 4.74 Å². The van der Waals surface area contributed by atoms with Gasteiger partial charge in [0.15, 0.2) is 0 Å². The lowest BCUT2D eigenvalue weighted by Gasteiger charge is -2.20. The van der Waals surface area contributed by atoms with Crippen LogP contribution in [0.2, 0.25) is 0 Å². The van der Waals surface area contributed by atoms with Gasteiger partial charge in [-0.3, -0.25) is 4.79 Å². The Morgan fingerprint density at radius 1 is 1.32 bits per heavy atom. The summed E-state index contributed by atoms with van der Waals surface area (Å²) in [6.45, 7) is 4.35. The number of ether oxygens (including phenoxy) is 1. The van der Waals surface area contributed by atoms with Crippen LogP contribution in [0.3, 0.4) is 0 Å². The Morgan fingerprint density at radius 2 is 1.95 bits per heavy atom. The van der Waals surface area contributed by atoms with E-state index in [1.165, 1.54) is 4.90 Å². The molecule has 1 saturated heterocycles. The van der Waals surface area contributed by atoms with Crippen molar-refractivity contribution in [3.05, 3.63) is 35.9 Å². The Balaban J connectivity index is 1.86. The molecular formula is C15H17NO3. The van der Waals surface area contributed by atoms with E-state index in [0.29, 0.717) is 0 Å². The molecule has 2 fully saturated rings. The third-order valence-corrected chi connectivity index (χ3v) is 4.11. The molecule has 19 heavy (non-hydrogen) atoms. The molecule has 1 aromatic carbocycles. The van der Waals surface area contributed by atoms with Crippen LogP contribution >= 0.6 is 0 Å². The highest BCUT2D eigenvalue weighted by Crippen LogP contribution is 2.53. The van der Waals surface area contributed by atoms with Crippen LogP contribution in [-0.2, 0) is 9.53 Å². The molecule has 2 amide bonds. The van der Waals surface area contributed by atoms with E-state index in [-0.39, 0.29) is 29.9 Å². The zero-order valence-electron chi connectivity index (χ0n) is 11.1. The highest BCUT2D eigenvalue weighted by atomic mass is 16.6. The molecule has 0 bridgehead atoms. The normalized spacial score (nSPS) is 28.1. The lowest BCUT2D eigenvalue weighted by molar-refractivity contribution is -0.131. The molecule has 0 aromatic heterocycles. The van der Waals surface area contributed by atoms with Crippen molar-refractivity contribution in [1.29, 1.82) is 0 Å². The zero-order valence-corrected chi connectivity index (χ0v) is 11.1. The first-order valence-corrected chi connectivity index (χ1v) is 6.55. The summed E-state index contributed by atoms with van der Waals surface area (Å²) in [5.41, 5.74) is 0.960. The van der Waals surface area contributed by atoms with Gasteiger partial charge >= 0.3 is 6.09 Å². The summed E-state index contributed by atoms with van der Waals surface area (Å²) in [5, 5.41) is 0. The van der Waals surface area contributed by atoms with Crippen LogP contribution in [0.25, 0.3) is 0 Å². The second-order valence-electron chi connectivity index (χ2n) is 5.96. The molecule has 1 aliphatic carbocycles. The Bertz CT molecular complexity index is 523. The standard InChI is InChI=1S/C15H17NO3/c1-15(2)8-11(15)13(17)16-12(9-19-14(16)18)10-6-4-3-5-7-10/h3-7,11-12H,8-9H2,1-2H3/t11-,12?/m1/s1. The van der Waals surface area contributed by atoms with E-state index in [0.717, 1.165) is 12.0 Å². The Labute approximate surface area is 112 Å². The number of rotatable bonds is 2. The fourth-order valence-corrected chi connectivity index (χ4v) is 2.64. The fourth-order valence-electron chi connectivity index (χ4n) is 2.64. The summed E-state index contributed by atoms with van der Waals surface area (Å²) >= 11 is 0. The summed E-state index contributed by atoms with van der Waals surface area (Å²) < 4.78 is 5.07. The SMILES string of the molecule is CC1(C)C[C@@H]1C(=O)N1C(=O)OCC1c1ccccc1. The minimum Gasteiger partial charge on any atom is -0.446 e. The van der Waals surface area contributed by atoms with Gasteiger partial charge in [0.05, 0.1) is 0 Å². The molecule has 0 spiro atoms. The average molecular weight is 259 g/mol. The maximum Gasteiger partial charge on any atom is 0.417 e. The van der Waals surface area contributed by atoms with Gasteiger partial charge in [-0.1, -0.05) is 44.2 Å². The van der Waals surface area contributed by atoms with Crippen molar-refractivity contribution in [2.45, 2.75) is 26.3 Å². The second kappa shape index (κ2) is 4.08. The van der Waals surface area contributed by atoms with Crippen molar-refractivity contribution < 1.29 is 14.3 Å². The molecule has 0 N–H and O–H groups in total. The number of nitrogens with zero attached hydrogens (tertiary/aromatic N) is 1. The van der Waals surface area contributed by atoms with Crippen LogP contribution in [-0.4, -0.2) is 23.5 Å². The molecule has 4 heteroatoms. The van der Waals surface area contributed by atoms with E-state index in [9.17, 15) is 9.59 Å². The van der Waals surface area contributed by atoms with Crippen molar-refractivity contribution in [1.82, 2.24) is 4.90 Å². The van der Waals surface area contributed by atoms with Gasteiger partial charge in [-0.2, -0.15) is 0 Å². The molecule has 1 unspecified atom stereocenters. The largest absolute Gasteiger partial charge is 0.446 e. The van der Waals surface area contributed by atoms with Crippen molar-refractivity contribution >= 4 is 12.0 Å². The van der Waals surface area contributed by atoms with Gasteiger partial charge in [0.1, 0.15) is 12.6 Å². The van der Waals surface area contributed by atoms with Crippen LogP contribution in [0.4, 0.5) is 4.79 Å². The average Bonchev–Trinajstić information content (AvgIpc) is 2.86. The minimum atomic E-state index is -0.512. The molecule has 0 radical (unpaired) electrons. The highest BCUT2D eigenvalue weighted by molar-refractivity contribution is 5.96. The lowest BCUT2D eigenvalue weighted by Crippen LogP contribution is -2.36. The topological polar surface area (TPSA) is 46.6 Å². The van der Waals surface area contributed by atoms with E-state index < -0.39 is 6.09 Å². The number of benzene rings is 1. The van der Waals surface area contributed by atoms with E-state index >= 15 is 0 Å². The molecule has 100 valence electrons. The number of hydrogen-bond donors (Lipinski definition) is 0. The van der Waals surface area contributed by atoms with Crippen molar-refractivity contribution in [3.63, 3.8) is 0 Å². The van der Waals surface area contributed by atoms with E-state index in [4.69, 9.17) is 4.74 Å². The van der Waals surface area contributed by atoms with Crippen LogP contribution < -0.4 is 0 Å². The zero-order chi connectivity index (χ0) is 13.6. The summed E-state index contributed by atoms with van der Waals surface area (Å²) in [4.78, 5) is 25.6. The Hall–Kier alpha value is -1.84. The molecule has 3 rings (SSSR count). The monoisotopic (exact) mass is 259 g/mol. The summed E-state index contributed by atoms with van der Waals surface area (Å²) in [6, 6.07) is 9.29.